The molecule has 0 N–H and O–H groups in total. The van der Waals surface area contributed by atoms with E-state index in [1.165, 1.54) is 39.3 Å². The Bertz CT molecular complexity index is 1170. The van der Waals surface area contributed by atoms with Gasteiger partial charge in [-0.2, -0.15) is 4.39 Å². The topological polar surface area (TPSA) is 63.2 Å². The minimum absolute atomic E-state index is 0.0293. The fraction of sp³-hybridized carbons (Fsp3) is 0.192. The van der Waals surface area contributed by atoms with Gasteiger partial charge in [0.05, 0.1) is 14.2 Å². The van der Waals surface area contributed by atoms with Crippen molar-refractivity contribution < 1.29 is 37.3 Å². The van der Waals surface area contributed by atoms with Crippen molar-refractivity contribution in [2.24, 2.45) is 0 Å². The summed E-state index contributed by atoms with van der Waals surface area (Å²) in [5.41, 5.74) is 0.850. The summed E-state index contributed by atoms with van der Waals surface area (Å²) in [7, 11) is 2.96. The summed E-state index contributed by atoms with van der Waals surface area (Å²) in [4.78, 5) is 11.8. The summed E-state index contributed by atoms with van der Waals surface area (Å²) in [6.07, 6.45) is 0. The average Bonchev–Trinajstić information content (AvgIpc) is 2.84. The van der Waals surface area contributed by atoms with Crippen molar-refractivity contribution in [1.82, 2.24) is 0 Å². The molecule has 3 aromatic carbocycles. The van der Waals surface area contributed by atoms with E-state index in [-0.39, 0.29) is 35.8 Å². The van der Waals surface area contributed by atoms with Gasteiger partial charge in [0, 0.05) is 17.2 Å². The molecule has 0 bridgehead atoms. The maximum atomic E-state index is 14.6. The quantitative estimate of drug-likeness (QED) is 0.167. The van der Waals surface area contributed by atoms with Crippen LogP contribution in [0, 0.1) is 11.6 Å². The summed E-state index contributed by atoms with van der Waals surface area (Å²) in [6.45, 7) is 5.04. The van der Waals surface area contributed by atoms with Crippen LogP contribution in [0.15, 0.2) is 66.7 Å². The Labute approximate surface area is 196 Å². The molecule has 0 saturated carbocycles. The van der Waals surface area contributed by atoms with Gasteiger partial charge in [-0.25, -0.2) is 9.18 Å². The second-order valence-electron chi connectivity index (χ2n) is 7.15. The molecule has 3 aromatic rings. The highest BCUT2D eigenvalue weighted by molar-refractivity contribution is 5.89. The van der Waals surface area contributed by atoms with Crippen LogP contribution in [0.3, 0.4) is 0 Å². The number of hydrogen-bond donors (Lipinski definition) is 0. The molecule has 0 amide bonds. The molecule has 0 aliphatic carbocycles. The molecular formula is C26H24F2O6. The van der Waals surface area contributed by atoms with Crippen LogP contribution in [-0.4, -0.2) is 33.4 Å². The largest absolute Gasteiger partial charge is 0.497 e. The molecule has 0 radical (unpaired) electrons. The van der Waals surface area contributed by atoms with E-state index in [4.69, 9.17) is 23.7 Å². The number of halogens is 2. The van der Waals surface area contributed by atoms with Gasteiger partial charge in [-0.3, -0.25) is 0 Å². The maximum Gasteiger partial charge on any atom is 0.338 e. The lowest BCUT2D eigenvalue weighted by atomic mass is 10.0. The number of carbonyl (C=O) groups excluding carboxylic acids is 1. The van der Waals surface area contributed by atoms with Gasteiger partial charge in [0.2, 0.25) is 5.82 Å². The first-order valence-corrected chi connectivity index (χ1v) is 10.3. The molecule has 34 heavy (non-hydrogen) atoms. The maximum absolute atomic E-state index is 14.6. The van der Waals surface area contributed by atoms with Crippen LogP contribution in [0.5, 0.6) is 28.7 Å². The lowest BCUT2D eigenvalue weighted by Crippen LogP contribution is -2.11. The van der Waals surface area contributed by atoms with Crippen LogP contribution in [0.25, 0.3) is 11.1 Å². The molecule has 0 aliphatic rings. The highest BCUT2D eigenvalue weighted by atomic mass is 19.2. The number of esters is 1. The van der Waals surface area contributed by atoms with Gasteiger partial charge in [-0.15, -0.1) is 0 Å². The second kappa shape index (κ2) is 11.2. The van der Waals surface area contributed by atoms with Gasteiger partial charge in [0.25, 0.3) is 0 Å². The molecule has 0 unspecified atom stereocenters. The smallest absolute Gasteiger partial charge is 0.338 e. The molecule has 0 atom stereocenters. The standard InChI is InChI=1S/C26H24F2O6/c1-16(2)26(29)34-23-15-19(9-11-21(23)31-4)32-13-14-33-22-12-10-20(24(27)25(22)28)17-5-7-18(30-3)8-6-17/h5-12,15H,1,13-14H2,2-4H3. The molecule has 0 aliphatic heterocycles. The van der Waals surface area contributed by atoms with E-state index < -0.39 is 17.6 Å². The molecule has 0 spiro atoms. The Balaban J connectivity index is 1.62. The van der Waals surface area contributed by atoms with Crippen molar-refractivity contribution in [1.29, 1.82) is 0 Å². The van der Waals surface area contributed by atoms with Gasteiger partial charge in [0.1, 0.15) is 24.7 Å². The Kier molecular flexibility index (Phi) is 8.08. The Morgan fingerprint density at radius 1 is 0.794 bits per heavy atom. The third-order valence-electron chi connectivity index (χ3n) is 4.74. The molecule has 0 saturated heterocycles. The zero-order valence-electron chi connectivity index (χ0n) is 19.0. The van der Waals surface area contributed by atoms with E-state index in [0.29, 0.717) is 22.8 Å². The van der Waals surface area contributed by atoms with Crippen LogP contribution in [0.4, 0.5) is 8.78 Å². The highest BCUT2D eigenvalue weighted by Crippen LogP contribution is 2.33. The molecule has 6 nitrogen and oxygen atoms in total. The molecule has 8 heteroatoms. The fourth-order valence-corrected chi connectivity index (χ4v) is 2.96. The molecular weight excluding hydrogens is 446 g/mol. The number of hydrogen-bond acceptors (Lipinski definition) is 6. The minimum atomic E-state index is -1.09. The van der Waals surface area contributed by atoms with E-state index >= 15 is 0 Å². The van der Waals surface area contributed by atoms with Crippen molar-refractivity contribution in [3.05, 3.63) is 78.4 Å². The first-order valence-electron chi connectivity index (χ1n) is 10.3. The molecule has 0 heterocycles. The van der Waals surface area contributed by atoms with Crippen LogP contribution in [0.1, 0.15) is 6.92 Å². The molecule has 178 valence electrons. The summed E-state index contributed by atoms with van der Waals surface area (Å²) >= 11 is 0. The zero-order valence-corrected chi connectivity index (χ0v) is 19.0. The van der Waals surface area contributed by atoms with E-state index in [0.717, 1.165) is 0 Å². The fourth-order valence-electron chi connectivity index (χ4n) is 2.96. The molecule has 0 fully saturated rings. The zero-order chi connectivity index (χ0) is 24.7. The number of benzene rings is 3. The van der Waals surface area contributed by atoms with Crippen LogP contribution in [0.2, 0.25) is 0 Å². The van der Waals surface area contributed by atoms with Gasteiger partial charge >= 0.3 is 5.97 Å². The number of methoxy groups -OCH3 is 2. The SMILES string of the molecule is C=C(C)C(=O)Oc1cc(OCCOc2ccc(-c3ccc(OC)cc3)c(F)c2F)ccc1OC. The first-order chi connectivity index (χ1) is 16.3. The predicted octanol–water partition coefficient (Wildman–Crippen LogP) is 5.59. The van der Waals surface area contributed by atoms with Crippen molar-refractivity contribution in [2.75, 3.05) is 27.4 Å². The Hall–Kier alpha value is -4.07. The van der Waals surface area contributed by atoms with Crippen LogP contribution >= 0.6 is 0 Å². The predicted molar refractivity (Wildman–Crippen MR) is 123 cm³/mol. The van der Waals surface area contributed by atoms with Gasteiger partial charge in [-0.1, -0.05) is 18.7 Å². The minimum Gasteiger partial charge on any atom is -0.497 e. The van der Waals surface area contributed by atoms with E-state index in [9.17, 15) is 13.6 Å². The third kappa shape index (κ3) is 5.83. The van der Waals surface area contributed by atoms with E-state index in [2.05, 4.69) is 6.58 Å². The van der Waals surface area contributed by atoms with Gasteiger partial charge < -0.3 is 23.7 Å². The summed E-state index contributed by atoms with van der Waals surface area (Å²) in [6, 6.07) is 14.1. The highest BCUT2D eigenvalue weighted by Gasteiger charge is 2.16. The van der Waals surface area contributed by atoms with Gasteiger partial charge in [0.15, 0.2) is 23.1 Å². The number of ether oxygens (including phenoxy) is 5. The van der Waals surface area contributed by atoms with Crippen molar-refractivity contribution in [2.45, 2.75) is 6.92 Å². The van der Waals surface area contributed by atoms with Crippen molar-refractivity contribution in [3.63, 3.8) is 0 Å². The van der Waals surface area contributed by atoms with E-state index in [1.807, 2.05) is 0 Å². The Morgan fingerprint density at radius 2 is 1.44 bits per heavy atom. The number of carbonyl (C=O) groups is 1. The summed E-state index contributed by atoms with van der Waals surface area (Å²) < 4.78 is 55.5. The van der Waals surface area contributed by atoms with E-state index in [1.54, 1.807) is 36.4 Å². The molecule has 3 rings (SSSR count). The third-order valence-corrected chi connectivity index (χ3v) is 4.74. The monoisotopic (exact) mass is 470 g/mol. The average molecular weight is 470 g/mol. The normalized spacial score (nSPS) is 10.4. The lowest BCUT2D eigenvalue weighted by Gasteiger charge is -2.13. The van der Waals surface area contributed by atoms with Crippen LogP contribution < -0.4 is 23.7 Å². The number of rotatable bonds is 10. The second-order valence-corrected chi connectivity index (χ2v) is 7.15. The van der Waals surface area contributed by atoms with Gasteiger partial charge in [-0.05, 0) is 48.9 Å². The first kappa shape index (κ1) is 24.6. The van der Waals surface area contributed by atoms with Crippen LogP contribution in [-0.2, 0) is 4.79 Å². The summed E-state index contributed by atoms with van der Waals surface area (Å²) in [5, 5.41) is 0. The molecule has 0 aromatic heterocycles. The summed E-state index contributed by atoms with van der Waals surface area (Å²) in [5.74, 6) is -1.45. The van der Waals surface area contributed by atoms with Crippen molar-refractivity contribution >= 4 is 5.97 Å². The lowest BCUT2D eigenvalue weighted by molar-refractivity contribution is -0.130. The van der Waals surface area contributed by atoms with Crippen molar-refractivity contribution in [3.8, 4) is 39.9 Å². The Morgan fingerprint density at radius 3 is 2.09 bits per heavy atom.